The largest absolute Gasteiger partial charge is 0.497 e. The van der Waals surface area contributed by atoms with Crippen molar-refractivity contribution in [3.8, 4) is 5.75 Å². The van der Waals surface area contributed by atoms with Gasteiger partial charge < -0.3 is 15.2 Å². The normalized spacial score (nSPS) is 9.95. The van der Waals surface area contributed by atoms with Crippen LogP contribution in [0.2, 0.25) is 0 Å². The monoisotopic (exact) mass is 258 g/mol. The van der Waals surface area contributed by atoms with Gasteiger partial charge >= 0.3 is 5.97 Å². The van der Waals surface area contributed by atoms with Crippen molar-refractivity contribution in [1.82, 2.24) is 4.98 Å². The number of nitrogens with one attached hydrogen (secondary N) is 1. The molecule has 0 aliphatic rings. The van der Waals surface area contributed by atoms with Crippen LogP contribution in [0, 0.1) is 0 Å². The summed E-state index contributed by atoms with van der Waals surface area (Å²) < 4.78 is 5.08. The lowest BCUT2D eigenvalue weighted by molar-refractivity contribution is 0.0697. The molecule has 0 unspecified atom stereocenters. The highest BCUT2D eigenvalue weighted by Gasteiger charge is 2.03. The number of nitrogens with zero attached hydrogens (tertiary/aromatic N) is 1. The van der Waals surface area contributed by atoms with Crippen LogP contribution in [0.1, 0.15) is 15.9 Å². The highest BCUT2D eigenvalue weighted by atomic mass is 16.5. The van der Waals surface area contributed by atoms with Gasteiger partial charge in [-0.25, -0.2) is 9.78 Å². The molecule has 0 aliphatic carbocycles. The van der Waals surface area contributed by atoms with Crippen molar-refractivity contribution in [2.45, 2.75) is 6.54 Å². The van der Waals surface area contributed by atoms with E-state index >= 15 is 0 Å². The Morgan fingerprint density at radius 3 is 2.68 bits per heavy atom. The Labute approximate surface area is 110 Å². The molecule has 19 heavy (non-hydrogen) atoms. The summed E-state index contributed by atoms with van der Waals surface area (Å²) >= 11 is 0. The van der Waals surface area contributed by atoms with E-state index in [1.165, 1.54) is 18.3 Å². The van der Waals surface area contributed by atoms with Crippen LogP contribution in [0.25, 0.3) is 0 Å². The minimum absolute atomic E-state index is 0.215. The SMILES string of the molecule is COc1ccc(CNc2cc(C(=O)O)ccn2)cc1. The Morgan fingerprint density at radius 1 is 1.32 bits per heavy atom. The van der Waals surface area contributed by atoms with Crippen LogP contribution >= 0.6 is 0 Å². The zero-order chi connectivity index (χ0) is 13.7. The van der Waals surface area contributed by atoms with Crippen LogP contribution in [-0.2, 0) is 6.54 Å². The number of pyridine rings is 1. The maximum absolute atomic E-state index is 10.8. The van der Waals surface area contributed by atoms with E-state index in [0.717, 1.165) is 11.3 Å². The van der Waals surface area contributed by atoms with E-state index in [0.29, 0.717) is 12.4 Å². The van der Waals surface area contributed by atoms with Gasteiger partial charge in [-0.3, -0.25) is 0 Å². The van der Waals surface area contributed by atoms with Crippen molar-refractivity contribution in [3.05, 3.63) is 53.7 Å². The van der Waals surface area contributed by atoms with Crippen LogP contribution in [0.3, 0.4) is 0 Å². The number of aromatic carboxylic acids is 1. The summed E-state index contributed by atoms with van der Waals surface area (Å²) in [5, 5.41) is 12.0. The molecule has 0 amide bonds. The Bertz CT molecular complexity index is 567. The quantitative estimate of drug-likeness (QED) is 0.861. The van der Waals surface area contributed by atoms with Gasteiger partial charge in [0.1, 0.15) is 11.6 Å². The highest BCUT2D eigenvalue weighted by molar-refractivity contribution is 5.88. The summed E-state index contributed by atoms with van der Waals surface area (Å²) in [4.78, 5) is 14.9. The molecule has 0 fully saturated rings. The second-order valence-electron chi connectivity index (χ2n) is 3.94. The predicted octanol–water partition coefficient (Wildman–Crippen LogP) is 2.40. The molecule has 0 aliphatic heterocycles. The van der Waals surface area contributed by atoms with Gasteiger partial charge in [0.25, 0.3) is 0 Å². The first-order valence-corrected chi connectivity index (χ1v) is 5.75. The minimum Gasteiger partial charge on any atom is -0.497 e. The number of carbonyl (C=O) groups is 1. The van der Waals surface area contributed by atoms with E-state index < -0.39 is 5.97 Å². The van der Waals surface area contributed by atoms with Crippen LogP contribution in [0.15, 0.2) is 42.6 Å². The van der Waals surface area contributed by atoms with E-state index in [4.69, 9.17) is 9.84 Å². The van der Waals surface area contributed by atoms with Gasteiger partial charge in [0.05, 0.1) is 12.7 Å². The number of aromatic nitrogens is 1. The van der Waals surface area contributed by atoms with E-state index in [-0.39, 0.29) is 5.56 Å². The molecule has 0 spiro atoms. The molecule has 0 saturated carbocycles. The van der Waals surface area contributed by atoms with Crippen molar-refractivity contribution >= 4 is 11.8 Å². The van der Waals surface area contributed by atoms with Crippen LogP contribution < -0.4 is 10.1 Å². The number of hydrogen-bond donors (Lipinski definition) is 2. The van der Waals surface area contributed by atoms with E-state index in [1.807, 2.05) is 24.3 Å². The summed E-state index contributed by atoms with van der Waals surface area (Å²) in [5.41, 5.74) is 1.27. The number of anilines is 1. The van der Waals surface area contributed by atoms with Crippen molar-refractivity contribution in [3.63, 3.8) is 0 Å². The number of benzene rings is 1. The second-order valence-corrected chi connectivity index (χ2v) is 3.94. The Balaban J connectivity index is 2.01. The molecule has 98 valence electrons. The first kappa shape index (κ1) is 12.9. The average molecular weight is 258 g/mol. The molecule has 0 atom stereocenters. The van der Waals surface area contributed by atoms with Gasteiger partial charge in [-0.05, 0) is 29.8 Å². The summed E-state index contributed by atoms with van der Waals surface area (Å²) in [6.45, 7) is 0.570. The maximum Gasteiger partial charge on any atom is 0.335 e. The summed E-state index contributed by atoms with van der Waals surface area (Å²) in [6.07, 6.45) is 1.47. The maximum atomic E-state index is 10.8. The minimum atomic E-state index is -0.963. The lowest BCUT2D eigenvalue weighted by Crippen LogP contribution is -2.03. The number of ether oxygens (including phenoxy) is 1. The van der Waals surface area contributed by atoms with E-state index in [2.05, 4.69) is 10.3 Å². The third-order valence-corrected chi connectivity index (χ3v) is 2.64. The molecule has 5 nitrogen and oxygen atoms in total. The Hall–Kier alpha value is -2.56. The number of methoxy groups -OCH3 is 1. The Kier molecular flexibility index (Phi) is 3.97. The van der Waals surface area contributed by atoms with Gasteiger partial charge in [0.15, 0.2) is 0 Å². The third-order valence-electron chi connectivity index (χ3n) is 2.64. The van der Waals surface area contributed by atoms with Gasteiger partial charge in [-0.2, -0.15) is 0 Å². The van der Waals surface area contributed by atoms with Gasteiger partial charge in [0, 0.05) is 12.7 Å². The number of carboxylic acids is 1. The second kappa shape index (κ2) is 5.86. The zero-order valence-corrected chi connectivity index (χ0v) is 10.5. The van der Waals surface area contributed by atoms with E-state index in [9.17, 15) is 4.79 Å². The molecular formula is C14H14N2O3. The topological polar surface area (TPSA) is 71.5 Å². The van der Waals surface area contributed by atoms with Gasteiger partial charge in [-0.15, -0.1) is 0 Å². The number of hydrogen-bond acceptors (Lipinski definition) is 4. The zero-order valence-electron chi connectivity index (χ0n) is 10.5. The molecule has 2 aromatic rings. The fourth-order valence-electron chi connectivity index (χ4n) is 1.60. The van der Waals surface area contributed by atoms with Crippen molar-refractivity contribution in [1.29, 1.82) is 0 Å². The van der Waals surface area contributed by atoms with Crippen LogP contribution in [0.5, 0.6) is 5.75 Å². The molecule has 1 aromatic heterocycles. The molecule has 2 rings (SSSR count). The molecule has 0 radical (unpaired) electrons. The molecule has 1 heterocycles. The van der Waals surface area contributed by atoms with Gasteiger partial charge in [-0.1, -0.05) is 12.1 Å². The molecule has 2 N–H and O–H groups in total. The van der Waals surface area contributed by atoms with Crippen LogP contribution in [-0.4, -0.2) is 23.2 Å². The van der Waals surface area contributed by atoms with E-state index in [1.54, 1.807) is 7.11 Å². The summed E-state index contributed by atoms with van der Waals surface area (Å²) in [6, 6.07) is 10.6. The molecule has 1 aromatic carbocycles. The standard InChI is InChI=1S/C14H14N2O3/c1-19-12-4-2-10(3-5-12)9-16-13-8-11(14(17)18)6-7-15-13/h2-8H,9H2,1H3,(H,15,16)(H,17,18). The highest BCUT2D eigenvalue weighted by Crippen LogP contribution is 2.13. The molecular weight excluding hydrogens is 244 g/mol. The lowest BCUT2D eigenvalue weighted by Gasteiger charge is -2.07. The summed E-state index contributed by atoms with van der Waals surface area (Å²) in [7, 11) is 1.62. The predicted molar refractivity (Wildman–Crippen MR) is 71.5 cm³/mol. The first-order chi connectivity index (χ1) is 9.19. The first-order valence-electron chi connectivity index (χ1n) is 5.75. The number of carboxylic acid groups (broad SMARTS) is 1. The average Bonchev–Trinajstić information content (AvgIpc) is 2.46. The third kappa shape index (κ3) is 3.45. The molecule has 5 heteroatoms. The smallest absolute Gasteiger partial charge is 0.335 e. The van der Waals surface area contributed by atoms with Crippen molar-refractivity contribution in [2.75, 3.05) is 12.4 Å². The molecule has 0 saturated heterocycles. The lowest BCUT2D eigenvalue weighted by atomic mass is 10.2. The van der Waals surface area contributed by atoms with Crippen molar-refractivity contribution in [2.24, 2.45) is 0 Å². The summed E-state index contributed by atoms with van der Waals surface area (Å²) in [5.74, 6) is 0.375. The Morgan fingerprint density at radius 2 is 2.05 bits per heavy atom. The fourth-order valence-corrected chi connectivity index (χ4v) is 1.60. The van der Waals surface area contributed by atoms with Crippen LogP contribution in [0.4, 0.5) is 5.82 Å². The van der Waals surface area contributed by atoms with Crippen molar-refractivity contribution < 1.29 is 14.6 Å². The molecule has 0 bridgehead atoms. The van der Waals surface area contributed by atoms with Gasteiger partial charge in [0.2, 0.25) is 0 Å². The number of rotatable bonds is 5. The fraction of sp³-hybridized carbons (Fsp3) is 0.143.